The van der Waals surface area contributed by atoms with Gasteiger partial charge in [0.1, 0.15) is 12.4 Å². The zero-order valence-corrected chi connectivity index (χ0v) is 16.2. The Bertz CT molecular complexity index is 1090. The van der Waals surface area contributed by atoms with E-state index in [1.165, 1.54) is 18.9 Å². The number of hydrogen-bond acceptors (Lipinski definition) is 3. The molecule has 2 aromatic heterocycles. The second-order valence-corrected chi connectivity index (χ2v) is 7.32. The van der Waals surface area contributed by atoms with Gasteiger partial charge in [0, 0.05) is 36.5 Å². The van der Waals surface area contributed by atoms with Crippen LogP contribution in [0, 0.1) is 24.7 Å². The van der Waals surface area contributed by atoms with E-state index >= 15 is 0 Å². The van der Waals surface area contributed by atoms with Crippen molar-refractivity contribution < 1.29 is 4.74 Å². The van der Waals surface area contributed by atoms with Crippen LogP contribution in [-0.2, 0) is 20.2 Å². The Kier molecular flexibility index (Phi) is 5.03. The van der Waals surface area contributed by atoms with E-state index in [0.717, 1.165) is 22.5 Å². The minimum atomic E-state index is -0.0753. The number of nitrogens with zero attached hydrogens (tertiary/aromatic N) is 3. The normalized spacial score (nSPS) is 13.1. The van der Waals surface area contributed by atoms with Gasteiger partial charge in [-0.25, -0.2) is 4.98 Å². The third-order valence-corrected chi connectivity index (χ3v) is 4.75. The van der Waals surface area contributed by atoms with Crippen molar-refractivity contribution in [3.05, 3.63) is 81.8 Å². The molecule has 5 heteroatoms. The van der Waals surface area contributed by atoms with Gasteiger partial charge >= 0.3 is 0 Å². The molecule has 2 heterocycles. The summed E-state index contributed by atoms with van der Waals surface area (Å²) in [7, 11) is 1.91. The lowest BCUT2D eigenvalue weighted by Gasteiger charge is -2.12. The SMILES string of the molecule is Cc1cc(OCc2cn(C)cn2)cc(=O)n1Cc1ccc(C#CC2CC2)cc1. The summed E-state index contributed by atoms with van der Waals surface area (Å²) in [6.45, 7) is 2.79. The summed E-state index contributed by atoms with van der Waals surface area (Å²) in [6, 6.07) is 11.5. The highest BCUT2D eigenvalue weighted by molar-refractivity contribution is 5.37. The maximum Gasteiger partial charge on any atom is 0.254 e. The lowest BCUT2D eigenvalue weighted by molar-refractivity contribution is 0.300. The summed E-state index contributed by atoms with van der Waals surface area (Å²) in [6.07, 6.45) is 6.08. The quantitative estimate of drug-likeness (QED) is 0.645. The fourth-order valence-electron chi connectivity index (χ4n) is 2.97. The zero-order valence-electron chi connectivity index (χ0n) is 16.2. The van der Waals surface area contributed by atoms with Crippen LogP contribution in [-0.4, -0.2) is 14.1 Å². The van der Waals surface area contributed by atoms with Crippen LogP contribution < -0.4 is 10.3 Å². The number of pyridine rings is 1. The first-order valence-electron chi connectivity index (χ1n) is 9.48. The summed E-state index contributed by atoms with van der Waals surface area (Å²) in [5, 5.41) is 0. The van der Waals surface area contributed by atoms with Gasteiger partial charge < -0.3 is 13.9 Å². The van der Waals surface area contributed by atoms with Crippen LogP contribution in [0.5, 0.6) is 5.75 Å². The molecule has 0 radical (unpaired) electrons. The minimum Gasteiger partial charge on any atom is -0.487 e. The lowest BCUT2D eigenvalue weighted by atomic mass is 10.1. The van der Waals surface area contributed by atoms with Crippen molar-refractivity contribution in [1.82, 2.24) is 14.1 Å². The second-order valence-electron chi connectivity index (χ2n) is 7.32. The van der Waals surface area contributed by atoms with Crippen LogP contribution in [0.4, 0.5) is 0 Å². The number of benzene rings is 1. The van der Waals surface area contributed by atoms with E-state index in [2.05, 4.69) is 16.8 Å². The summed E-state index contributed by atoms with van der Waals surface area (Å²) in [5.41, 5.74) is 3.71. The van der Waals surface area contributed by atoms with Crippen LogP contribution in [0.2, 0.25) is 0 Å². The Balaban J connectivity index is 1.44. The largest absolute Gasteiger partial charge is 0.487 e. The van der Waals surface area contributed by atoms with Crippen LogP contribution in [0.1, 0.15) is 35.4 Å². The zero-order chi connectivity index (χ0) is 19.5. The molecule has 0 amide bonds. The Labute approximate surface area is 164 Å². The molecule has 0 atom stereocenters. The third-order valence-electron chi connectivity index (χ3n) is 4.75. The number of rotatable bonds is 5. The van der Waals surface area contributed by atoms with E-state index in [1.54, 1.807) is 10.9 Å². The van der Waals surface area contributed by atoms with Gasteiger partial charge in [-0.1, -0.05) is 24.0 Å². The maximum atomic E-state index is 12.6. The van der Waals surface area contributed by atoms with E-state index in [4.69, 9.17) is 4.74 Å². The Morgan fingerprint density at radius 1 is 1.21 bits per heavy atom. The van der Waals surface area contributed by atoms with Gasteiger partial charge in [0.05, 0.1) is 18.6 Å². The smallest absolute Gasteiger partial charge is 0.254 e. The Morgan fingerprint density at radius 3 is 2.64 bits per heavy atom. The highest BCUT2D eigenvalue weighted by Crippen LogP contribution is 2.27. The Hall–Kier alpha value is -3.26. The molecule has 1 fully saturated rings. The molecule has 4 rings (SSSR count). The number of hydrogen-bond donors (Lipinski definition) is 0. The van der Waals surface area contributed by atoms with E-state index in [-0.39, 0.29) is 5.56 Å². The molecule has 0 N–H and O–H groups in total. The topological polar surface area (TPSA) is 49.1 Å². The van der Waals surface area contributed by atoms with E-state index in [9.17, 15) is 4.79 Å². The van der Waals surface area contributed by atoms with Gasteiger partial charge in [-0.3, -0.25) is 4.79 Å². The standard InChI is InChI=1S/C23H23N3O2/c1-17-11-22(28-15-21-14-25(2)16-24-21)12-23(27)26(17)13-20-9-7-19(8-10-20)6-5-18-3-4-18/h7-12,14,16,18H,3-4,13,15H2,1-2H3. The molecule has 3 aromatic rings. The number of aryl methyl sites for hydroxylation is 2. The molecule has 0 aliphatic heterocycles. The Morgan fingerprint density at radius 2 is 2.00 bits per heavy atom. The van der Waals surface area contributed by atoms with E-state index in [1.807, 2.05) is 55.1 Å². The molecule has 1 aromatic carbocycles. The first kappa shape index (κ1) is 18.1. The van der Waals surface area contributed by atoms with Crippen molar-refractivity contribution in [1.29, 1.82) is 0 Å². The van der Waals surface area contributed by atoms with Gasteiger partial charge in [0.2, 0.25) is 0 Å². The number of aromatic nitrogens is 3. The molecular formula is C23H23N3O2. The van der Waals surface area contributed by atoms with Gasteiger partial charge in [-0.15, -0.1) is 0 Å². The molecule has 0 saturated heterocycles. The van der Waals surface area contributed by atoms with Crippen LogP contribution in [0.15, 0.2) is 53.7 Å². The fourth-order valence-corrected chi connectivity index (χ4v) is 2.97. The summed E-state index contributed by atoms with van der Waals surface area (Å²) in [4.78, 5) is 16.8. The fraction of sp³-hybridized carbons (Fsp3) is 0.304. The maximum absolute atomic E-state index is 12.6. The highest BCUT2D eigenvalue weighted by atomic mass is 16.5. The number of imidazole rings is 1. The van der Waals surface area contributed by atoms with E-state index < -0.39 is 0 Å². The monoisotopic (exact) mass is 373 g/mol. The predicted molar refractivity (Wildman–Crippen MR) is 108 cm³/mol. The lowest BCUT2D eigenvalue weighted by Crippen LogP contribution is -2.22. The molecule has 28 heavy (non-hydrogen) atoms. The number of ether oxygens (including phenoxy) is 1. The van der Waals surface area contributed by atoms with Crippen molar-refractivity contribution >= 4 is 0 Å². The van der Waals surface area contributed by atoms with Gasteiger partial charge in [0.15, 0.2) is 0 Å². The summed E-state index contributed by atoms with van der Waals surface area (Å²) < 4.78 is 9.35. The van der Waals surface area contributed by atoms with Crippen LogP contribution in [0.3, 0.4) is 0 Å². The highest BCUT2D eigenvalue weighted by Gasteiger charge is 2.17. The molecule has 1 aliphatic rings. The first-order valence-corrected chi connectivity index (χ1v) is 9.48. The molecule has 5 nitrogen and oxygen atoms in total. The van der Waals surface area contributed by atoms with Crippen LogP contribution in [0.25, 0.3) is 0 Å². The predicted octanol–water partition coefficient (Wildman–Crippen LogP) is 3.28. The van der Waals surface area contributed by atoms with Gasteiger partial charge in [-0.05, 0) is 43.5 Å². The molecule has 0 spiro atoms. The van der Waals surface area contributed by atoms with Gasteiger partial charge in [-0.2, -0.15) is 0 Å². The van der Waals surface area contributed by atoms with Crippen molar-refractivity contribution in [3.63, 3.8) is 0 Å². The van der Waals surface area contributed by atoms with Gasteiger partial charge in [0.25, 0.3) is 5.56 Å². The molecule has 0 unspecified atom stereocenters. The van der Waals surface area contributed by atoms with Crippen molar-refractivity contribution in [2.75, 3.05) is 0 Å². The molecule has 142 valence electrons. The average Bonchev–Trinajstić information content (AvgIpc) is 3.42. The molecule has 1 saturated carbocycles. The molecule has 1 aliphatic carbocycles. The average molecular weight is 373 g/mol. The van der Waals surface area contributed by atoms with Crippen molar-refractivity contribution in [2.45, 2.75) is 32.9 Å². The first-order chi connectivity index (χ1) is 13.6. The van der Waals surface area contributed by atoms with Crippen molar-refractivity contribution in [3.8, 4) is 17.6 Å². The second kappa shape index (κ2) is 7.77. The molecular weight excluding hydrogens is 350 g/mol. The van der Waals surface area contributed by atoms with Crippen molar-refractivity contribution in [2.24, 2.45) is 13.0 Å². The molecule has 0 bridgehead atoms. The van der Waals surface area contributed by atoms with Crippen LogP contribution >= 0.6 is 0 Å². The summed E-state index contributed by atoms with van der Waals surface area (Å²) >= 11 is 0. The summed E-state index contributed by atoms with van der Waals surface area (Å²) in [5.74, 6) is 7.64. The minimum absolute atomic E-state index is 0.0753. The van der Waals surface area contributed by atoms with E-state index in [0.29, 0.717) is 24.8 Å². The third kappa shape index (κ3) is 4.52.